The summed E-state index contributed by atoms with van der Waals surface area (Å²) in [6.07, 6.45) is -0.0721. The van der Waals surface area contributed by atoms with Gasteiger partial charge in [-0.3, -0.25) is 0 Å². The first-order valence-electron chi connectivity index (χ1n) is 5.39. The maximum absolute atomic E-state index is 11.1. The number of nitrogens with zero attached hydrogens (tertiary/aromatic N) is 2. The molecule has 7 heteroatoms. The molecule has 1 unspecified atom stereocenters. The van der Waals surface area contributed by atoms with Crippen molar-refractivity contribution in [3.05, 3.63) is 17.8 Å². The summed E-state index contributed by atoms with van der Waals surface area (Å²) in [5.74, 6) is 0.0454. The van der Waals surface area contributed by atoms with E-state index < -0.39 is 5.97 Å². The second kappa shape index (κ2) is 7.57. The Kier molecular flexibility index (Phi) is 6.03. The molecule has 0 fully saturated rings. The molecule has 0 saturated carbocycles. The lowest BCUT2D eigenvalue weighted by molar-refractivity contribution is 0.0365. The van der Waals surface area contributed by atoms with Gasteiger partial charge in [-0.25, -0.2) is 4.79 Å². The predicted octanol–water partition coefficient (Wildman–Crippen LogP) is 0.336. The number of esters is 1. The van der Waals surface area contributed by atoms with E-state index in [2.05, 4.69) is 20.3 Å². The molecule has 1 heterocycles. The lowest BCUT2D eigenvalue weighted by Crippen LogP contribution is -2.27. The van der Waals surface area contributed by atoms with Crippen LogP contribution in [0, 0.1) is 0 Å². The number of carbonyl (C=O) groups is 1. The SMILES string of the molecule is COCC(CNc1ccc(C(=O)OC)nn1)OC. The average molecular weight is 255 g/mol. The van der Waals surface area contributed by atoms with Gasteiger partial charge in [-0.2, -0.15) is 0 Å². The molecule has 18 heavy (non-hydrogen) atoms. The molecule has 0 aliphatic heterocycles. The quantitative estimate of drug-likeness (QED) is 0.703. The first-order valence-corrected chi connectivity index (χ1v) is 5.39. The number of nitrogens with one attached hydrogen (secondary N) is 1. The van der Waals surface area contributed by atoms with Crippen molar-refractivity contribution in [1.29, 1.82) is 0 Å². The fraction of sp³-hybridized carbons (Fsp3) is 0.545. The van der Waals surface area contributed by atoms with E-state index in [1.54, 1.807) is 26.4 Å². The summed E-state index contributed by atoms with van der Waals surface area (Å²) in [6.45, 7) is 1.02. The highest BCUT2D eigenvalue weighted by Crippen LogP contribution is 2.03. The Hall–Kier alpha value is -1.73. The molecule has 1 aromatic heterocycles. The second-order valence-corrected chi connectivity index (χ2v) is 3.49. The molecular weight excluding hydrogens is 238 g/mol. The van der Waals surface area contributed by atoms with Crippen molar-refractivity contribution in [2.24, 2.45) is 0 Å². The van der Waals surface area contributed by atoms with Crippen LogP contribution in [0.1, 0.15) is 10.5 Å². The van der Waals surface area contributed by atoms with Crippen molar-refractivity contribution in [3.8, 4) is 0 Å². The van der Waals surface area contributed by atoms with Crippen LogP contribution in [-0.2, 0) is 14.2 Å². The Morgan fingerprint density at radius 2 is 2.11 bits per heavy atom. The van der Waals surface area contributed by atoms with Crippen LogP contribution in [0.3, 0.4) is 0 Å². The Morgan fingerprint density at radius 1 is 1.33 bits per heavy atom. The van der Waals surface area contributed by atoms with Crippen LogP contribution in [-0.4, -0.2) is 56.8 Å². The van der Waals surface area contributed by atoms with Crippen LogP contribution >= 0.6 is 0 Å². The largest absolute Gasteiger partial charge is 0.464 e. The Bertz CT molecular complexity index is 369. The van der Waals surface area contributed by atoms with Crippen LogP contribution in [0.2, 0.25) is 0 Å². The number of hydrogen-bond acceptors (Lipinski definition) is 7. The van der Waals surface area contributed by atoms with Crippen molar-refractivity contribution in [1.82, 2.24) is 10.2 Å². The fourth-order valence-electron chi connectivity index (χ4n) is 1.25. The van der Waals surface area contributed by atoms with Crippen LogP contribution in [0.4, 0.5) is 5.82 Å². The first-order chi connectivity index (χ1) is 8.71. The minimum absolute atomic E-state index is 0.0721. The summed E-state index contributed by atoms with van der Waals surface area (Å²) in [6, 6.07) is 3.19. The molecule has 100 valence electrons. The molecule has 7 nitrogen and oxygen atoms in total. The van der Waals surface area contributed by atoms with E-state index in [0.717, 1.165) is 0 Å². The second-order valence-electron chi connectivity index (χ2n) is 3.49. The molecule has 1 N–H and O–H groups in total. The van der Waals surface area contributed by atoms with Gasteiger partial charge < -0.3 is 19.5 Å². The smallest absolute Gasteiger partial charge is 0.358 e. The first kappa shape index (κ1) is 14.3. The Balaban J connectivity index is 2.50. The zero-order valence-electron chi connectivity index (χ0n) is 10.7. The van der Waals surface area contributed by atoms with Gasteiger partial charge in [0, 0.05) is 20.8 Å². The fourth-order valence-corrected chi connectivity index (χ4v) is 1.25. The van der Waals surface area contributed by atoms with E-state index in [0.29, 0.717) is 19.0 Å². The zero-order valence-corrected chi connectivity index (χ0v) is 10.7. The summed E-state index contributed by atoms with van der Waals surface area (Å²) >= 11 is 0. The molecule has 0 aromatic carbocycles. The molecule has 0 aliphatic carbocycles. The van der Waals surface area contributed by atoms with Gasteiger partial charge in [-0.15, -0.1) is 10.2 Å². The number of aromatic nitrogens is 2. The minimum atomic E-state index is -0.511. The van der Waals surface area contributed by atoms with E-state index >= 15 is 0 Å². The lowest BCUT2D eigenvalue weighted by Gasteiger charge is -2.14. The van der Waals surface area contributed by atoms with Crippen LogP contribution in [0.5, 0.6) is 0 Å². The van der Waals surface area contributed by atoms with Gasteiger partial charge in [0.05, 0.1) is 19.8 Å². The highest BCUT2D eigenvalue weighted by Gasteiger charge is 2.09. The summed E-state index contributed by atoms with van der Waals surface area (Å²) in [5.41, 5.74) is 0.170. The number of methoxy groups -OCH3 is 3. The highest BCUT2D eigenvalue weighted by molar-refractivity contribution is 5.86. The summed E-state index contributed by atoms with van der Waals surface area (Å²) < 4.78 is 14.7. The maximum atomic E-state index is 11.1. The van der Waals surface area contributed by atoms with Gasteiger partial charge in [0.15, 0.2) is 5.69 Å². The van der Waals surface area contributed by atoms with Gasteiger partial charge in [0.25, 0.3) is 0 Å². The van der Waals surface area contributed by atoms with Crippen molar-refractivity contribution in [2.75, 3.05) is 39.8 Å². The summed E-state index contributed by atoms with van der Waals surface area (Å²) in [4.78, 5) is 11.1. The van der Waals surface area contributed by atoms with E-state index in [-0.39, 0.29) is 11.8 Å². The molecule has 1 rings (SSSR count). The third kappa shape index (κ3) is 4.27. The number of ether oxygens (including phenoxy) is 3. The van der Waals surface area contributed by atoms with Crippen LogP contribution < -0.4 is 5.32 Å². The number of carbonyl (C=O) groups excluding carboxylic acids is 1. The summed E-state index contributed by atoms with van der Waals surface area (Å²) in [5, 5.41) is 10.6. The van der Waals surface area contributed by atoms with Gasteiger partial charge in [-0.05, 0) is 12.1 Å². The normalized spacial score (nSPS) is 11.9. The van der Waals surface area contributed by atoms with Crippen LogP contribution in [0.25, 0.3) is 0 Å². The minimum Gasteiger partial charge on any atom is -0.464 e. The zero-order chi connectivity index (χ0) is 13.4. The molecule has 1 aromatic rings. The molecule has 0 amide bonds. The molecule has 0 spiro atoms. The van der Waals surface area contributed by atoms with Crippen molar-refractivity contribution >= 4 is 11.8 Å². The van der Waals surface area contributed by atoms with Crippen molar-refractivity contribution < 1.29 is 19.0 Å². The van der Waals surface area contributed by atoms with E-state index in [1.807, 2.05) is 0 Å². The highest BCUT2D eigenvalue weighted by atomic mass is 16.5. The molecule has 0 aliphatic rings. The average Bonchev–Trinajstić information content (AvgIpc) is 2.43. The maximum Gasteiger partial charge on any atom is 0.358 e. The Labute approximate surface area is 105 Å². The van der Waals surface area contributed by atoms with Crippen LogP contribution in [0.15, 0.2) is 12.1 Å². The van der Waals surface area contributed by atoms with Gasteiger partial charge in [0.2, 0.25) is 0 Å². The predicted molar refractivity (Wildman–Crippen MR) is 64.5 cm³/mol. The monoisotopic (exact) mass is 255 g/mol. The van der Waals surface area contributed by atoms with E-state index in [4.69, 9.17) is 9.47 Å². The lowest BCUT2D eigenvalue weighted by atomic mass is 10.3. The summed E-state index contributed by atoms with van der Waals surface area (Å²) in [7, 11) is 4.51. The van der Waals surface area contributed by atoms with Gasteiger partial charge in [0.1, 0.15) is 5.82 Å². The van der Waals surface area contributed by atoms with Gasteiger partial charge in [-0.1, -0.05) is 0 Å². The third-order valence-corrected chi connectivity index (χ3v) is 2.26. The number of rotatable bonds is 7. The molecule has 0 bridgehead atoms. The molecular formula is C11H17N3O4. The van der Waals surface area contributed by atoms with Crippen molar-refractivity contribution in [2.45, 2.75) is 6.10 Å². The molecule has 0 radical (unpaired) electrons. The number of anilines is 1. The van der Waals surface area contributed by atoms with E-state index in [9.17, 15) is 4.79 Å². The Morgan fingerprint density at radius 3 is 2.61 bits per heavy atom. The number of hydrogen-bond donors (Lipinski definition) is 1. The van der Waals surface area contributed by atoms with Gasteiger partial charge >= 0.3 is 5.97 Å². The standard InChI is InChI=1S/C11H17N3O4/c1-16-7-8(17-2)6-12-10-5-4-9(13-14-10)11(15)18-3/h4-5,8H,6-7H2,1-3H3,(H,12,14). The molecule has 0 saturated heterocycles. The van der Waals surface area contributed by atoms with E-state index in [1.165, 1.54) is 7.11 Å². The third-order valence-electron chi connectivity index (χ3n) is 2.26. The molecule has 1 atom stereocenters. The topological polar surface area (TPSA) is 82.6 Å². The van der Waals surface area contributed by atoms with Crippen molar-refractivity contribution in [3.63, 3.8) is 0 Å².